The van der Waals surface area contributed by atoms with Gasteiger partial charge in [0.25, 0.3) is 0 Å². The Kier molecular flexibility index (Phi) is 15.9. The molecule has 0 saturated carbocycles. The minimum Gasteiger partial charge on any atom is -0.493 e. The van der Waals surface area contributed by atoms with Crippen LogP contribution in [0.4, 0.5) is 10.5 Å². The van der Waals surface area contributed by atoms with Crippen molar-refractivity contribution in [3.63, 3.8) is 0 Å². The van der Waals surface area contributed by atoms with Gasteiger partial charge in [0.1, 0.15) is 11.4 Å². The quantitative estimate of drug-likeness (QED) is 0.0978. The summed E-state index contributed by atoms with van der Waals surface area (Å²) in [4.78, 5) is 37.7. The number of anilines is 1. The highest BCUT2D eigenvalue weighted by atomic mass is 127. The standard InChI is InChI=1S/C32H43I2NO7/c1-5-40-30(38)17-16-27-23(13-10-14-28(27)41-19-11-15-29(36)37)12-8-6-7-9-18-35(31(39)42-32(2,3)4)26-21-24(33)20-25(34)22-26/h10,13-14,20-22H,5-9,11-12,15-19H2,1-4H3,(H,36,37). The monoisotopic (exact) mass is 807 g/mol. The normalized spacial score (nSPS) is 11.2. The fourth-order valence-electron chi connectivity index (χ4n) is 4.41. The van der Waals surface area contributed by atoms with Crippen LogP contribution in [-0.4, -0.2) is 48.5 Å². The number of hydrogen-bond acceptors (Lipinski definition) is 6. The van der Waals surface area contributed by atoms with Crippen LogP contribution in [0, 0.1) is 7.14 Å². The van der Waals surface area contributed by atoms with Gasteiger partial charge in [0.2, 0.25) is 0 Å². The maximum Gasteiger partial charge on any atom is 0.414 e. The van der Waals surface area contributed by atoms with E-state index in [4.69, 9.17) is 19.3 Å². The number of amides is 1. The van der Waals surface area contributed by atoms with Gasteiger partial charge in [-0.05, 0) is 140 Å². The van der Waals surface area contributed by atoms with Crippen molar-refractivity contribution in [1.82, 2.24) is 0 Å². The minimum atomic E-state index is -0.850. The zero-order valence-corrected chi connectivity index (χ0v) is 29.4. The third kappa shape index (κ3) is 13.9. The summed E-state index contributed by atoms with van der Waals surface area (Å²) in [5, 5.41) is 8.91. The summed E-state index contributed by atoms with van der Waals surface area (Å²) < 4.78 is 18.9. The van der Waals surface area contributed by atoms with Crippen molar-refractivity contribution in [3.8, 4) is 5.75 Å². The molecule has 0 aliphatic carbocycles. The highest BCUT2D eigenvalue weighted by Gasteiger charge is 2.23. The number of carboxylic acid groups (broad SMARTS) is 1. The van der Waals surface area contributed by atoms with Gasteiger partial charge in [-0.1, -0.05) is 25.0 Å². The van der Waals surface area contributed by atoms with Crippen molar-refractivity contribution >= 4 is 68.9 Å². The molecule has 0 atom stereocenters. The Hall–Kier alpha value is -2.09. The van der Waals surface area contributed by atoms with E-state index in [1.807, 2.05) is 45.0 Å². The molecule has 2 rings (SSSR count). The molecule has 0 heterocycles. The lowest BCUT2D eigenvalue weighted by molar-refractivity contribution is -0.143. The zero-order valence-electron chi connectivity index (χ0n) is 25.0. The Morgan fingerprint density at radius 3 is 2.24 bits per heavy atom. The van der Waals surface area contributed by atoms with E-state index in [1.165, 1.54) is 0 Å². The first-order chi connectivity index (χ1) is 19.9. The van der Waals surface area contributed by atoms with Gasteiger partial charge >= 0.3 is 18.0 Å². The van der Waals surface area contributed by atoms with Crippen molar-refractivity contribution in [2.24, 2.45) is 0 Å². The number of aliphatic carboxylic acids is 1. The van der Waals surface area contributed by atoms with E-state index >= 15 is 0 Å². The fourth-order valence-corrected chi connectivity index (χ4v) is 6.31. The summed E-state index contributed by atoms with van der Waals surface area (Å²) in [6.45, 7) is 8.62. The summed E-state index contributed by atoms with van der Waals surface area (Å²) in [5.74, 6) is -0.402. The fraction of sp³-hybridized carbons (Fsp3) is 0.531. The summed E-state index contributed by atoms with van der Waals surface area (Å²) >= 11 is 4.53. The van der Waals surface area contributed by atoms with Crippen LogP contribution in [-0.2, 0) is 31.9 Å². The predicted octanol–water partition coefficient (Wildman–Crippen LogP) is 8.18. The number of hydrogen-bond donors (Lipinski definition) is 1. The van der Waals surface area contributed by atoms with Gasteiger partial charge in [-0.15, -0.1) is 0 Å². The van der Waals surface area contributed by atoms with Crippen LogP contribution in [0.3, 0.4) is 0 Å². The van der Waals surface area contributed by atoms with Gasteiger partial charge in [-0.3, -0.25) is 14.5 Å². The molecule has 1 amide bonds. The van der Waals surface area contributed by atoms with E-state index in [2.05, 4.69) is 57.3 Å². The number of rotatable bonds is 17. The van der Waals surface area contributed by atoms with Crippen molar-refractivity contribution < 1.29 is 33.7 Å². The molecular formula is C32H43I2NO7. The Morgan fingerprint density at radius 2 is 1.60 bits per heavy atom. The van der Waals surface area contributed by atoms with Crippen LogP contribution in [0.5, 0.6) is 5.75 Å². The number of benzene rings is 2. The highest BCUT2D eigenvalue weighted by molar-refractivity contribution is 14.1. The first kappa shape index (κ1) is 36.1. The number of esters is 1. The number of carbonyl (C=O) groups is 3. The number of carboxylic acids is 1. The molecule has 8 nitrogen and oxygen atoms in total. The van der Waals surface area contributed by atoms with E-state index in [1.54, 1.807) is 11.8 Å². The Labute approximate surface area is 277 Å². The van der Waals surface area contributed by atoms with E-state index in [9.17, 15) is 14.4 Å². The third-order valence-electron chi connectivity index (χ3n) is 6.26. The first-order valence-electron chi connectivity index (χ1n) is 14.5. The lowest BCUT2D eigenvalue weighted by Crippen LogP contribution is -2.37. The lowest BCUT2D eigenvalue weighted by atomic mass is 9.96. The van der Waals surface area contributed by atoms with Crippen molar-refractivity contribution in [1.29, 1.82) is 0 Å². The SMILES string of the molecule is CCOC(=O)CCc1c(CCCCCCN(C(=O)OC(C)(C)C)c2cc(I)cc(I)c2)cccc1OCCCC(=O)O. The predicted molar refractivity (Wildman–Crippen MR) is 181 cm³/mol. The summed E-state index contributed by atoms with van der Waals surface area (Å²) in [5.41, 5.74) is 2.36. The van der Waals surface area contributed by atoms with E-state index in [0.29, 0.717) is 38.3 Å². The Bertz CT molecular complexity index is 1160. The topological polar surface area (TPSA) is 102 Å². The van der Waals surface area contributed by atoms with Crippen molar-refractivity contribution in [2.45, 2.75) is 91.1 Å². The molecule has 2 aromatic carbocycles. The van der Waals surface area contributed by atoms with Crippen molar-refractivity contribution in [3.05, 3.63) is 54.7 Å². The average molecular weight is 808 g/mol. The second-order valence-electron chi connectivity index (χ2n) is 11.0. The maximum atomic E-state index is 13.1. The molecule has 0 bridgehead atoms. The molecular weight excluding hydrogens is 764 g/mol. The lowest BCUT2D eigenvalue weighted by Gasteiger charge is -2.28. The molecule has 0 aliphatic heterocycles. The molecule has 42 heavy (non-hydrogen) atoms. The van der Waals surface area contributed by atoms with Gasteiger partial charge in [-0.2, -0.15) is 0 Å². The van der Waals surface area contributed by atoms with Gasteiger partial charge < -0.3 is 19.3 Å². The molecule has 0 saturated heterocycles. The van der Waals surface area contributed by atoms with Gasteiger partial charge in [-0.25, -0.2) is 4.79 Å². The highest BCUT2D eigenvalue weighted by Crippen LogP contribution is 2.27. The second-order valence-corrected chi connectivity index (χ2v) is 13.5. The summed E-state index contributed by atoms with van der Waals surface area (Å²) in [6.07, 6.45) is 5.42. The second kappa shape index (κ2) is 18.5. The molecule has 0 aliphatic rings. The molecule has 0 spiro atoms. The van der Waals surface area contributed by atoms with Crippen LogP contribution in [0.25, 0.3) is 0 Å². The number of halogens is 2. The van der Waals surface area contributed by atoms with Crippen LogP contribution >= 0.6 is 45.2 Å². The molecule has 0 aromatic heterocycles. The van der Waals surface area contributed by atoms with Crippen LogP contribution in [0.2, 0.25) is 0 Å². The zero-order chi connectivity index (χ0) is 31.1. The Morgan fingerprint density at radius 1 is 0.905 bits per heavy atom. The maximum absolute atomic E-state index is 13.1. The smallest absolute Gasteiger partial charge is 0.414 e. The first-order valence-corrected chi connectivity index (χ1v) is 16.6. The number of unbranched alkanes of at least 4 members (excludes halogenated alkanes) is 3. The van der Waals surface area contributed by atoms with E-state index in [0.717, 1.165) is 56.1 Å². The van der Waals surface area contributed by atoms with Crippen LogP contribution < -0.4 is 9.64 Å². The molecule has 0 unspecified atom stereocenters. The number of ether oxygens (including phenoxy) is 3. The molecule has 1 N–H and O–H groups in total. The average Bonchev–Trinajstić information content (AvgIpc) is 2.88. The molecule has 0 fully saturated rings. The third-order valence-corrected chi connectivity index (χ3v) is 7.50. The van der Waals surface area contributed by atoms with Gasteiger partial charge in [0.05, 0.1) is 13.2 Å². The van der Waals surface area contributed by atoms with Crippen LogP contribution in [0.15, 0.2) is 36.4 Å². The summed E-state index contributed by atoms with van der Waals surface area (Å²) in [7, 11) is 0. The Balaban J connectivity index is 2.00. The van der Waals surface area contributed by atoms with Crippen LogP contribution in [0.1, 0.15) is 83.8 Å². The van der Waals surface area contributed by atoms with Gasteiger partial charge in [0.15, 0.2) is 0 Å². The molecule has 10 heteroatoms. The van der Waals surface area contributed by atoms with E-state index < -0.39 is 11.6 Å². The number of carbonyl (C=O) groups excluding carboxylic acids is 2. The minimum absolute atomic E-state index is 0.0476. The number of nitrogens with zero attached hydrogens (tertiary/aromatic N) is 1. The molecule has 0 radical (unpaired) electrons. The summed E-state index contributed by atoms with van der Waals surface area (Å²) in [6, 6.07) is 11.9. The largest absolute Gasteiger partial charge is 0.493 e. The molecule has 232 valence electrons. The number of aryl methyl sites for hydroxylation is 1. The van der Waals surface area contributed by atoms with Gasteiger partial charge in [0, 0.05) is 32.2 Å². The molecule has 2 aromatic rings. The van der Waals surface area contributed by atoms with Crippen molar-refractivity contribution in [2.75, 3.05) is 24.7 Å². The van der Waals surface area contributed by atoms with E-state index in [-0.39, 0.29) is 24.9 Å².